The molecule has 3 N–H and O–H groups in total. The highest BCUT2D eigenvalue weighted by Crippen LogP contribution is 2.16. The molecule has 1 aromatic carbocycles. The van der Waals surface area contributed by atoms with Gasteiger partial charge in [0.15, 0.2) is 0 Å². The van der Waals surface area contributed by atoms with Crippen LogP contribution in [0, 0.1) is 0 Å². The summed E-state index contributed by atoms with van der Waals surface area (Å²) in [5.41, 5.74) is 8.36. The summed E-state index contributed by atoms with van der Waals surface area (Å²) in [6.07, 6.45) is 1.78. The van der Waals surface area contributed by atoms with Gasteiger partial charge in [-0.2, -0.15) is 0 Å². The Morgan fingerprint density at radius 1 is 1.20 bits per heavy atom. The van der Waals surface area contributed by atoms with Crippen LogP contribution in [0.15, 0.2) is 24.3 Å². The quantitative estimate of drug-likeness (QED) is 0.852. The lowest BCUT2D eigenvalue weighted by molar-refractivity contribution is -0.137. The Morgan fingerprint density at radius 3 is 2.25 bits per heavy atom. The van der Waals surface area contributed by atoms with E-state index in [1.165, 1.54) is 11.1 Å². The Labute approximate surface area is 118 Å². The molecule has 1 unspecified atom stereocenters. The average Bonchev–Trinajstić information content (AvgIpc) is 2.66. The van der Waals surface area contributed by atoms with Crippen LogP contribution < -0.4 is 5.73 Å². The molecule has 0 bridgehead atoms. The second-order valence-corrected chi connectivity index (χ2v) is 5.13. The molecule has 1 heterocycles. The van der Waals surface area contributed by atoms with Crippen molar-refractivity contribution >= 4 is 11.9 Å². The van der Waals surface area contributed by atoms with Crippen LogP contribution >= 0.6 is 0 Å². The largest absolute Gasteiger partial charge is 0.481 e. The minimum Gasteiger partial charge on any atom is -0.481 e. The first kappa shape index (κ1) is 14.5. The molecule has 1 amide bonds. The molecule has 1 aromatic rings. The van der Waals surface area contributed by atoms with Crippen LogP contribution in [0.5, 0.6) is 0 Å². The number of carbonyl (C=O) groups is 2. The van der Waals surface area contributed by atoms with E-state index < -0.39 is 12.0 Å². The van der Waals surface area contributed by atoms with E-state index in [0.717, 1.165) is 12.8 Å². The van der Waals surface area contributed by atoms with Crippen molar-refractivity contribution in [3.63, 3.8) is 0 Å². The predicted molar refractivity (Wildman–Crippen MR) is 75.3 cm³/mol. The van der Waals surface area contributed by atoms with Crippen LogP contribution in [0.2, 0.25) is 0 Å². The van der Waals surface area contributed by atoms with E-state index >= 15 is 0 Å². The van der Waals surface area contributed by atoms with Crippen molar-refractivity contribution in [3.8, 4) is 0 Å². The number of amides is 1. The van der Waals surface area contributed by atoms with Gasteiger partial charge in [0.25, 0.3) is 0 Å². The fourth-order valence-corrected chi connectivity index (χ4v) is 2.53. The molecule has 0 spiro atoms. The van der Waals surface area contributed by atoms with E-state index in [-0.39, 0.29) is 18.7 Å². The third-order valence-electron chi connectivity index (χ3n) is 3.72. The second kappa shape index (κ2) is 6.52. The average molecular weight is 276 g/mol. The highest BCUT2D eigenvalue weighted by Gasteiger charge is 2.23. The molecule has 0 aliphatic carbocycles. The fraction of sp³-hybridized carbons (Fsp3) is 0.467. The summed E-state index contributed by atoms with van der Waals surface area (Å²) in [6.45, 7) is 1.30. The van der Waals surface area contributed by atoms with Gasteiger partial charge in [0.2, 0.25) is 5.91 Å². The third-order valence-corrected chi connectivity index (χ3v) is 3.72. The van der Waals surface area contributed by atoms with Crippen molar-refractivity contribution in [2.75, 3.05) is 13.1 Å². The highest BCUT2D eigenvalue weighted by atomic mass is 16.4. The number of rotatable bonds is 4. The molecule has 1 aliphatic heterocycles. The second-order valence-electron chi connectivity index (χ2n) is 5.13. The number of benzene rings is 1. The zero-order chi connectivity index (χ0) is 14.5. The molecule has 108 valence electrons. The summed E-state index contributed by atoms with van der Waals surface area (Å²) in [5, 5.41) is 8.64. The van der Waals surface area contributed by atoms with Gasteiger partial charge in [0, 0.05) is 19.5 Å². The Morgan fingerprint density at radius 2 is 1.75 bits per heavy atom. The first-order valence-electron chi connectivity index (χ1n) is 6.91. The SMILES string of the molecule is NC(CCC(=O)O)C(=O)N1CCc2ccccc2CC1. The fourth-order valence-electron chi connectivity index (χ4n) is 2.53. The summed E-state index contributed by atoms with van der Waals surface area (Å²) in [4.78, 5) is 24.5. The van der Waals surface area contributed by atoms with Gasteiger partial charge >= 0.3 is 5.97 Å². The molecule has 0 aromatic heterocycles. The summed E-state index contributed by atoms with van der Waals surface area (Å²) in [7, 11) is 0. The first-order valence-corrected chi connectivity index (χ1v) is 6.91. The van der Waals surface area contributed by atoms with Gasteiger partial charge in [0.1, 0.15) is 0 Å². The number of nitrogens with zero attached hydrogens (tertiary/aromatic N) is 1. The molecule has 0 saturated carbocycles. The van der Waals surface area contributed by atoms with Gasteiger partial charge in [0.05, 0.1) is 6.04 Å². The van der Waals surface area contributed by atoms with Crippen LogP contribution in [0.25, 0.3) is 0 Å². The molecular weight excluding hydrogens is 256 g/mol. The van der Waals surface area contributed by atoms with E-state index in [4.69, 9.17) is 10.8 Å². The molecule has 1 atom stereocenters. The molecule has 1 aliphatic rings. The van der Waals surface area contributed by atoms with Crippen molar-refractivity contribution in [1.29, 1.82) is 0 Å². The monoisotopic (exact) mass is 276 g/mol. The van der Waals surface area contributed by atoms with Gasteiger partial charge in [-0.15, -0.1) is 0 Å². The van der Waals surface area contributed by atoms with Gasteiger partial charge in [-0.1, -0.05) is 24.3 Å². The lowest BCUT2D eigenvalue weighted by atomic mass is 10.0. The summed E-state index contributed by atoms with van der Waals surface area (Å²) in [5.74, 6) is -1.06. The molecule has 0 fully saturated rings. The van der Waals surface area contributed by atoms with Gasteiger partial charge in [-0.05, 0) is 30.4 Å². The molecule has 2 rings (SSSR count). The van der Waals surface area contributed by atoms with E-state index in [1.54, 1.807) is 4.90 Å². The van der Waals surface area contributed by atoms with E-state index in [1.807, 2.05) is 12.1 Å². The maximum atomic E-state index is 12.2. The summed E-state index contributed by atoms with van der Waals surface area (Å²) >= 11 is 0. The zero-order valence-corrected chi connectivity index (χ0v) is 11.4. The summed E-state index contributed by atoms with van der Waals surface area (Å²) < 4.78 is 0. The van der Waals surface area contributed by atoms with Gasteiger partial charge in [-0.3, -0.25) is 9.59 Å². The number of aliphatic carboxylic acids is 1. The highest BCUT2D eigenvalue weighted by molar-refractivity contribution is 5.82. The Balaban J connectivity index is 1.94. The molecule has 20 heavy (non-hydrogen) atoms. The maximum absolute atomic E-state index is 12.2. The Hall–Kier alpha value is -1.88. The molecule has 5 nitrogen and oxygen atoms in total. The van der Waals surface area contributed by atoms with E-state index in [9.17, 15) is 9.59 Å². The minimum absolute atomic E-state index is 0.0685. The van der Waals surface area contributed by atoms with Crippen molar-refractivity contribution < 1.29 is 14.7 Å². The van der Waals surface area contributed by atoms with Gasteiger partial charge < -0.3 is 15.7 Å². The van der Waals surface area contributed by atoms with E-state index in [0.29, 0.717) is 13.1 Å². The van der Waals surface area contributed by atoms with Crippen LogP contribution in [-0.2, 0) is 22.4 Å². The summed E-state index contributed by atoms with van der Waals surface area (Å²) in [6, 6.07) is 7.48. The molecule has 0 saturated heterocycles. The molecule has 0 radical (unpaired) electrons. The standard InChI is InChI=1S/C15H20N2O3/c16-13(5-6-14(18)19)15(20)17-9-7-11-3-1-2-4-12(11)8-10-17/h1-4,13H,5-10,16H2,(H,18,19). The minimum atomic E-state index is -0.920. The Bertz CT molecular complexity index is 475. The van der Waals surface area contributed by atoms with E-state index in [2.05, 4.69) is 12.1 Å². The van der Waals surface area contributed by atoms with Crippen molar-refractivity contribution in [1.82, 2.24) is 4.90 Å². The van der Waals surface area contributed by atoms with Crippen LogP contribution in [0.3, 0.4) is 0 Å². The lowest BCUT2D eigenvalue weighted by Crippen LogP contribution is -2.45. The maximum Gasteiger partial charge on any atom is 0.303 e. The van der Waals surface area contributed by atoms with Crippen molar-refractivity contribution in [3.05, 3.63) is 35.4 Å². The number of carboxylic acid groups (broad SMARTS) is 1. The number of nitrogens with two attached hydrogens (primary N) is 1. The predicted octanol–water partition coefficient (Wildman–Crippen LogP) is 0.806. The number of carbonyl (C=O) groups excluding carboxylic acids is 1. The van der Waals surface area contributed by atoms with Gasteiger partial charge in [-0.25, -0.2) is 0 Å². The lowest BCUT2D eigenvalue weighted by Gasteiger charge is -2.23. The number of hydrogen-bond donors (Lipinski definition) is 2. The third kappa shape index (κ3) is 3.57. The number of hydrogen-bond acceptors (Lipinski definition) is 3. The van der Waals surface area contributed by atoms with Crippen LogP contribution in [0.4, 0.5) is 0 Å². The smallest absolute Gasteiger partial charge is 0.303 e. The van der Waals surface area contributed by atoms with Crippen molar-refractivity contribution in [2.24, 2.45) is 5.73 Å². The normalized spacial score (nSPS) is 16.1. The van der Waals surface area contributed by atoms with Crippen LogP contribution in [0.1, 0.15) is 24.0 Å². The van der Waals surface area contributed by atoms with Crippen molar-refractivity contribution in [2.45, 2.75) is 31.7 Å². The molecule has 5 heteroatoms. The Kier molecular flexibility index (Phi) is 4.74. The number of fused-ring (bicyclic) bond motifs is 1. The van der Waals surface area contributed by atoms with Crippen LogP contribution in [-0.4, -0.2) is 41.0 Å². The first-order chi connectivity index (χ1) is 9.58. The molecular formula is C15H20N2O3. The number of carboxylic acids is 1. The zero-order valence-electron chi connectivity index (χ0n) is 11.4. The topological polar surface area (TPSA) is 83.6 Å².